The van der Waals surface area contributed by atoms with Crippen LogP contribution in [0.2, 0.25) is 0 Å². The summed E-state index contributed by atoms with van der Waals surface area (Å²) in [5, 5.41) is 22.7. The Morgan fingerprint density at radius 2 is 1.79 bits per heavy atom. The zero-order valence-corrected chi connectivity index (χ0v) is 20.4. The van der Waals surface area contributed by atoms with Crippen molar-refractivity contribution < 1.29 is 18.7 Å². The largest absolute Gasteiger partial charge is 0.508 e. The molecular formula is C27H21F2N7O2. The first-order valence-electron chi connectivity index (χ1n) is 11.8. The minimum atomic E-state index is -0.972. The molecule has 0 saturated heterocycles. The zero-order chi connectivity index (χ0) is 26.6. The highest BCUT2D eigenvalue weighted by Gasteiger charge is 2.47. The molecule has 0 unspecified atom stereocenters. The van der Waals surface area contributed by atoms with Gasteiger partial charge in [0.05, 0.1) is 29.4 Å². The summed E-state index contributed by atoms with van der Waals surface area (Å²) in [4.78, 5) is 23.7. The Bertz CT molecular complexity index is 1720. The first-order valence-corrected chi connectivity index (χ1v) is 11.8. The van der Waals surface area contributed by atoms with E-state index in [1.807, 2.05) is 0 Å². The summed E-state index contributed by atoms with van der Waals surface area (Å²) in [5.74, 6) is -0.748. The van der Waals surface area contributed by atoms with Gasteiger partial charge >= 0.3 is 0 Å². The molecule has 190 valence electrons. The Kier molecular flexibility index (Phi) is 5.37. The van der Waals surface area contributed by atoms with Crippen LogP contribution in [-0.4, -0.2) is 41.0 Å². The number of amides is 1. The average molecular weight is 514 g/mol. The number of pyridine rings is 1. The molecule has 5 aromatic rings. The van der Waals surface area contributed by atoms with Crippen LogP contribution in [0.5, 0.6) is 5.75 Å². The molecular weight excluding hydrogens is 492 g/mol. The average Bonchev–Trinajstić information content (AvgIpc) is 3.34. The summed E-state index contributed by atoms with van der Waals surface area (Å²) in [6.45, 7) is 3.69. The van der Waals surface area contributed by atoms with Gasteiger partial charge in [0, 0.05) is 12.5 Å². The number of fused-ring (bicyclic) bond motifs is 2. The molecule has 2 aromatic carbocycles. The maximum atomic E-state index is 14.4. The maximum Gasteiger partial charge on any atom is 0.272 e. The molecule has 1 N–H and O–H groups in total. The molecule has 0 spiro atoms. The van der Waals surface area contributed by atoms with Crippen LogP contribution in [-0.2, 0) is 23.2 Å². The van der Waals surface area contributed by atoms with Crippen LogP contribution in [0.4, 0.5) is 14.6 Å². The third kappa shape index (κ3) is 3.83. The van der Waals surface area contributed by atoms with Gasteiger partial charge in [0.25, 0.3) is 5.95 Å². The third-order valence-electron chi connectivity index (χ3n) is 6.62. The molecule has 0 bridgehead atoms. The van der Waals surface area contributed by atoms with Crippen molar-refractivity contribution in [2.24, 2.45) is 0 Å². The van der Waals surface area contributed by atoms with Crippen molar-refractivity contribution in [3.8, 4) is 11.7 Å². The predicted octanol–water partition coefficient (Wildman–Crippen LogP) is 4.00. The van der Waals surface area contributed by atoms with E-state index < -0.39 is 17.0 Å². The van der Waals surface area contributed by atoms with E-state index in [1.54, 1.807) is 56.3 Å². The number of carbonyl (C=O) groups is 1. The molecule has 9 nitrogen and oxygen atoms in total. The molecule has 0 aliphatic carbocycles. The number of aromatic hydroxyl groups is 1. The Morgan fingerprint density at radius 3 is 2.55 bits per heavy atom. The summed E-state index contributed by atoms with van der Waals surface area (Å²) in [6, 6.07) is 14.1. The molecule has 0 saturated carbocycles. The maximum absolute atomic E-state index is 14.4. The van der Waals surface area contributed by atoms with E-state index in [-0.39, 0.29) is 36.1 Å². The summed E-state index contributed by atoms with van der Waals surface area (Å²) < 4.78 is 29.9. The molecule has 1 aliphatic rings. The van der Waals surface area contributed by atoms with Gasteiger partial charge in [-0.25, -0.2) is 13.8 Å². The highest BCUT2D eigenvalue weighted by Crippen LogP contribution is 2.39. The van der Waals surface area contributed by atoms with Crippen LogP contribution in [0.25, 0.3) is 17.0 Å². The van der Waals surface area contributed by atoms with Gasteiger partial charge in [-0.2, -0.15) is 14.8 Å². The van der Waals surface area contributed by atoms with Crippen LogP contribution in [0, 0.1) is 11.6 Å². The van der Waals surface area contributed by atoms with E-state index >= 15 is 0 Å². The van der Waals surface area contributed by atoms with Gasteiger partial charge in [-0.15, -0.1) is 10.2 Å². The number of carbonyl (C=O) groups excluding carboxylic acids is 1. The van der Waals surface area contributed by atoms with Gasteiger partial charge in [-0.1, -0.05) is 30.3 Å². The number of phenols is 1. The normalized spacial score (nSPS) is 14.3. The topological polar surface area (TPSA) is 110 Å². The van der Waals surface area contributed by atoms with Crippen molar-refractivity contribution in [3.63, 3.8) is 0 Å². The summed E-state index contributed by atoms with van der Waals surface area (Å²) in [5.41, 5.74) is 1.68. The molecule has 1 amide bonds. The predicted molar refractivity (Wildman–Crippen MR) is 134 cm³/mol. The lowest BCUT2D eigenvalue weighted by Crippen LogP contribution is -2.36. The number of aromatic nitrogens is 6. The Labute approximate surface area is 215 Å². The first-order chi connectivity index (χ1) is 18.2. The van der Waals surface area contributed by atoms with E-state index in [2.05, 4.69) is 25.3 Å². The summed E-state index contributed by atoms with van der Waals surface area (Å²) in [6.07, 6.45) is 1.19. The number of nitrogens with zero attached hydrogens (tertiary/aromatic N) is 7. The number of rotatable bonds is 5. The second-order valence-corrected chi connectivity index (χ2v) is 9.61. The Balaban J connectivity index is 1.46. The lowest BCUT2D eigenvalue weighted by atomic mass is 9.91. The standard InChI is InChI=1S/C27H21F2N7O2/c1-27(2)23-24(35(25(27)38)14-15-7-9-18(37)10-8-15)31-26(33-32-23)36-21-12-17(28)13-30-22(21)20(34-36)11-16-5-3-4-6-19(16)29/h3-10,12-13,37H,11,14H2,1-2H3. The molecule has 3 aromatic heterocycles. The highest BCUT2D eigenvalue weighted by molar-refractivity contribution is 6.05. The molecule has 4 heterocycles. The minimum Gasteiger partial charge on any atom is -0.508 e. The van der Waals surface area contributed by atoms with Crippen molar-refractivity contribution in [2.45, 2.75) is 32.2 Å². The van der Waals surface area contributed by atoms with E-state index in [0.717, 1.165) is 11.8 Å². The van der Waals surface area contributed by atoms with Gasteiger partial charge < -0.3 is 5.11 Å². The van der Waals surface area contributed by atoms with Crippen LogP contribution >= 0.6 is 0 Å². The van der Waals surface area contributed by atoms with Crippen molar-refractivity contribution >= 4 is 22.8 Å². The van der Waals surface area contributed by atoms with Crippen LogP contribution in [0.3, 0.4) is 0 Å². The fraction of sp³-hybridized carbons (Fsp3) is 0.185. The number of benzene rings is 2. The van der Waals surface area contributed by atoms with Gasteiger partial charge in [-0.05, 0) is 43.2 Å². The second-order valence-electron chi connectivity index (χ2n) is 9.61. The van der Waals surface area contributed by atoms with Crippen molar-refractivity contribution in [1.29, 1.82) is 0 Å². The van der Waals surface area contributed by atoms with Crippen LogP contribution in [0.15, 0.2) is 60.8 Å². The number of hydrogen-bond acceptors (Lipinski definition) is 7. The zero-order valence-electron chi connectivity index (χ0n) is 20.4. The molecule has 38 heavy (non-hydrogen) atoms. The van der Waals surface area contributed by atoms with Crippen molar-refractivity contribution in [3.05, 3.63) is 94.9 Å². The number of phenolic OH excluding ortho intramolecular Hbond substituents is 1. The SMILES string of the molecule is CC1(C)C(=O)N(Cc2ccc(O)cc2)c2nc(-n3nc(Cc4ccccc4F)c4ncc(F)cc43)nnc21. The Hall–Kier alpha value is -4.80. The lowest BCUT2D eigenvalue weighted by Gasteiger charge is -2.19. The smallest absolute Gasteiger partial charge is 0.272 e. The second kappa shape index (κ2) is 8.65. The number of anilines is 1. The lowest BCUT2D eigenvalue weighted by molar-refractivity contribution is -0.122. The molecule has 1 aliphatic heterocycles. The van der Waals surface area contributed by atoms with E-state index in [4.69, 9.17) is 0 Å². The summed E-state index contributed by atoms with van der Waals surface area (Å²) in [7, 11) is 0. The molecule has 0 radical (unpaired) electrons. The Morgan fingerprint density at radius 1 is 1.03 bits per heavy atom. The van der Waals surface area contributed by atoms with Crippen molar-refractivity contribution in [1.82, 2.24) is 29.9 Å². The molecule has 0 fully saturated rings. The van der Waals surface area contributed by atoms with Crippen molar-refractivity contribution in [2.75, 3.05) is 4.90 Å². The van der Waals surface area contributed by atoms with Gasteiger partial charge in [0.2, 0.25) is 5.91 Å². The number of hydrogen-bond donors (Lipinski definition) is 1. The highest BCUT2D eigenvalue weighted by atomic mass is 19.1. The monoisotopic (exact) mass is 513 g/mol. The fourth-order valence-electron chi connectivity index (χ4n) is 4.59. The quantitative estimate of drug-likeness (QED) is 0.378. The van der Waals surface area contributed by atoms with Gasteiger partial charge in [0.1, 0.15) is 28.6 Å². The van der Waals surface area contributed by atoms with Crippen LogP contribution < -0.4 is 4.90 Å². The van der Waals surface area contributed by atoms with E-state index in [9.17, 15) is 18.7 Å². The summed E-state index contributed by atoms with van der Waals surface area (Å²) >= 11 is 0. The minimum absolute atomic E-state index is 0.0159. The van der Waals surface area contributed by atoms with E-state index in [1.165, 1.54) is 21.7 Å². The molecule has 11 heteroatoms. The van der Waals surface area contributed by atoms with Crippen LogP contribution in [0.1, 0.15) is 36.4 Å². The molecule has 6 rings (SSSR count). The third-order valence-corrected chi connectivity index (χ3v) is 6.62. The first kappa shape index (κ1) is 23.6. The van der Waals surface area contributed by atoms with Gasteiger partial charge in [-0.3, -0.25) is 9.69 Å². The number of halogens is 2. The van der Waals surface area contributed by atoms with E-state index in [0.29, 0.717) is 28.3 Å². The molecule has 0 atom stereocenters. The van der Waals surface area contributed by atoms with Gasteiger partial charge in [0.15, 0.2) is 5.82 Å². The fourth-order valence-corrected chi connectivity index (χ4v) is 4.59.